The van der Waals surface area contributed by atoms with Gasteiger partial charge in [0.05, 0.1) is 18.1 Å². The van der Waals surface area contributed by atoms with E-state index < -0.39 is 0 Å². The van der Waals surface area contributed by atoms with Gasteiger partial charge in [-0.15, -0.1) is 0 Å². The largest absolute Gasteiger partial charge is 0.369 e. The van der Waals surface area contributed by atoms with Crippen molar-refractivity contribution in [2.24, 2.45) is 5.92 Å². The topological polar surface area (TPSA) is 41.1 Å². The Kier molecular flexibility index (Phi) is 4.93. The molecule has 1 aromatic heterocycles. The highest BCUT2D eigenvalue weighted by atomic mass is 15.1. The van der Waals surface area contributed by atoms with Gasteiger partial charge in [0.15, 0.2) is 0 Å². The van der Waals surface area contributed by atoms with Gasteiger partial charge in [0.2, 0.25) is 0 Å². The zero-order valence-electron chi connectivity index (χ0n) is 11.5. The Balaban J connectivity index is 1.83. The minimum Gasteiger partial charge on any atom is -0.369 e. The molecule has 2 rings (SSSR count). The van der Waals surface area contributed by atoms with E-state index in [4.69, 9.17) is 0 Å². The summed E-state index contributed by atoms with van der Waals surface area (Å²) in [6, 6.07) is 0. The van der Waals surface area contributed by atoms with Crippen molar-refractivity contribution < 1.29 is 0 Å². The molecule has 0 radical (unpaired) electrons. The molecule has 100 valence electrons. The third kappa shape index (κ3) is 4.26. The summed E-state index contributed by atoms with van der Waals surface area (Å²) in [5.41, 5.74) is 1.07. The molecule has 0 spiro atoms. The van der Waals surface area contributed by atoms with Gasteiger partial charge in [-0.05, 0) is 31.7 Å². The number of aromatic nitrogens is 2. The molecule has 4 nitrogen and oxygen atoms in total. The zero-order chi connectivity index (χ0) is 12.8. The molecular formula is C14H24N4. The fourth-order valence-electron chi connectivity index (χ4n) is 1.98. The highest BCUT2D eigenvalue weighted by Crippen LogP contribution is 2.29. The fraction of sp³-hybridized carbons (Fsp3) is 0.714. The van der Waals surface area contributed by atoms with Crippen LogP contribution >= 0.6 is 0 Å². The molecule has 18 heavy (non-hydrogen) atoms. The summed E-state index contributed by atoms with van der Waals surface area (Å²) >= 11 is 0. The van der Waals surface area contributed by atoms with E-state index in [-0.39, 0.29) is 0 Å². The highest BCUT2D eigenvalue weighted by molar-refractivity contribution is 5.30. The number of rotatable bonds is 8. The number of anilines is 1. The third-order valence-electron chi connectivity index (χ3n) is 3.31. The molecule has 4 heteroatoms. The van der Waals surface area contributed by atoms with E-state index in [0.717, 1.165) is 43.5 Å². The molecule has 1 aliphatic carbocycles. The monoisotopic (exact) mass is 248 g/mol. The molecule has 1 heterocycles. The number of nitrogens with one attached hydrogen (secondary N) is 1. The number of nitrogens with zero attached hydrogens (tertiary/aromatic N) is 3. The predicted molar refractivity (Wildman–Crippen MR) is 74.5 cm³/mol. The maximum Gasteiger partial charge on any atom is 0.144 e. The van der Waals surface area contributed by atoms with Crippen molar-refractivity contribution in [2.75, 3.05) is 25.0 Å². The summed E-state index contributed by atoms with van der Waals surface area (Å²) < 4.78 is 0. The molecular weight excluding hydrogens is 224 g/mol. The molecule has 0 unspecified atom stereocenters. The van der Waals surface area contributed by atoms with E-state index in [1.165, 1.54) is 19.4 Å². The number of hydrogen-bond donors (Lipinski definition) is 1. The molecule has 0 atom stereocenters. The van der Waals surface area contributed by atoms with Crippen LogP contribution < -0.4 is 5.32 Å². The average Bonchev–Trinajstić information content (AvgIpc) is 3.21. The van der Waals surface area contributed by atoms with E-state index in [1.807, 2.05) is 12.4 Å². The third-order valence-corrected chi connectivity index (χ3v) is 3.31. The van der Waals surface area contributed by atoms with Crippen molar-refractivity contribution in [1.29, 1.82) is 0 Å². The zero-order valence-corrected chi connectivity index (χ0v) is 11.5. The highest BCUT2D eigenvalue weighted by Gasteiger charge is 2.23. The molecule has 1 aromatic rings. The van der Waals surface area contributed by atoms with Crippen molar-refractivity contribution in [2.45, 2.75) is 39.7 Å². The van der Waals surface area contributed by atoms with Gasteiger partial charge in [-0.3, -0.25) is 9.88 Å². The molecule has 0 bridgehead atoms. The summed E-state index contributed by atoms with van der Waals surface area (Å²) in [5.74, 6) is 1.81. The van der Waals surface area contributed by atoms with Crippen LogP contribution in [-0.4, -0.2) is 34.5 Å². The van der Waals surface area contributed by atoms with Gasteiger partial charge in [0.25, 0.3) is 0 Å². The predicted octanol–water partition coefficient (Wildman–Crippen LogP) is 2.53. The van der Waals surface area contributed by atoms with Gasteiger partial charge in [0, 0.05) is 19.6 Å². The molecule has 0 aliphatic heterocycles. The standard InChI is InChI=1S/C14H24N4/c1-3-7-15-14-9-16-13(8-17-14)11-18(4-2)10-12-5-6-12/h8-9,12H,3-7,10-11H2,1-2H3,(H,15,17). The van der Waals surface area contributed by atoms with Gasteiger partial charge in [-0.1, -0.05) is 13.8 Å². The smallest absolute Gasteiger partial charge is 0.144 e. The van der Waals surface area contributed by atoms with Gasteiger partial charge in [0.1, 0.15) is 5.82 Å². The Morgan fingerprint density at radius 3 is 2.67 bits per heavy atom. The second kappa shape index (κ2) is 6.69. The summed E-state index contributed by atoms with van der Waals surface area (Å²) in [6.45, 7) is 8.55. The van der Waals surface area contributed by atoms with E-state index in [9.17, 15) is 0 Å². The SMILES string of the molecule is CCCNc1cnc(CN(CC)CC2CC2)cn1. The first-order chi connectivity index (χ1) is 8.81. The van der Waals surface area contributed by atoms with Gasteiger partial charge in [-0.25, -0.2) is 4.98 Å². The fourth-order valence-corrected chi connectivity index (χ4v) is 1.98. The Morgan fingerprint density at radius 1 is 1.28 bits per heavy atom. The molecule has 1 saturated carbocycles. The molecule has 0 saturated heterocycles. The molecule has 1 aliphatic rings. The van der Waals surface area contributed by atoms with E-state index in [2.05, 4.69) is 34.0 Å². The molecule has 0 amide bonds. The Hall–Kier alpha value is -1.16. The summed E-state index contributed by atoms with van der Waals surface area (Å²) in [4.78, 5) is 11.3. The Labute approximate surface area is 110 Å². The van der Waals surface area contributed by atoms with Crippen LogP contribution in [0.15, 0.2) is 12.4 Å². The minimum atomic E-state index is 0.880. The lowest BCUT2D eigenvalue weighted by Gasteiger charge is -2.19. The van der Waals surface area contributed by atoms with Crippen LogP contribution in [0, 0.1) is 5.92 Å². The maximum absolute atomic E-state index is 4.48. The van der Waals surface area contributed by atoms with E-state index in [1.54, 1.807) is 0 Å². The first kappa shape index (κ1) is 13.3. The van der Waals surface area contributed by atoms with Gasteiger partial charge in [-0.2, -0.15) is 0 Å². The lowest BCUT2D eigenvalue weighted by molar-refractivity contribution is 0.265. The van der Waals surface area contributed by atoms with Crippen LogP contribution in [0.4, 0.5) is 5.82 Å². The van der Waals surface area contributed by atoms with Crippen molar-refractivity contribution in [1.82, 2.24) is 14.9 Å². The molecule has 1 N–H and O–H groups in total. The maximum atomic E-state index is 4.48. The molecule has 1 fully saturated rings. The van der Waals surface area contributed by atoms with Crippen LogP contribution in [0.5, 0.6) is 0 Å². The summed E-state index contributed by atoms with van der Waals surface area (Å²) in [6.07, 6.45) is 7.65. The van der Waals surface area contributed by atoms with Crippen LogP contribution in [0.1, 0.15) is 38.8 Å². The lowest BCUT2D eigenvalue weighted by atomic mass is 10.3. The van der Waals surface area contributed by atoms with Crippen molar-refractivity contribution in [3.63, 3.8) is 0 Å². The minimum absolute atomic E-state index is 0.880. The van der Waals surface area contributed by atoms with Gasteiger partial charge < -0.3 is 5.32 Å². The summed E-state index contributed by atoms with van der Waals surface area (Å²) in [5, 5.41) is 3.24. The van der Waals surface area contributed by atoms with Crippen LogP contribution in [-0.2, 0) is 6.54 Å². The summed E-state index contributed by atoms with van der Waals surface area (Å²) in [7, 11) is 0. The Bertz CT molecular complexity index is 345. The second-order valence-electron chi connectivity index (χ2n) is 5.09. The quantitative estimate of drug-likeness (QED) is 0.767. The van der Waals surface area contributed by atoms with Crippen LogP contribution in [0.3, 0.4) is 0 Å². The number of hydrogen-bond acceptors (Lipinski definition) is 4. The normalized spacial score (nSPS) is 15.1. The average molecular weight is 248 g/mol. The van der Waals surface area contributed by atoms with Gasteiger partial charge >= 0.3 is 0 Å². The van der Waals surface area contributed by atoms with E-state index in [0.29, 0.717) is 0 Å². The van der Waals surface area contributed by atoms with Crippen molar-refractivity contribution >= 4 is 5.82 Å². The van der Waals surface area contributed by atoms with E-state index >= 15 is 0 Å². The molecule has 0 aromatic carbocycles. The van der Waals surface area contributed by atoms with Crippen LogP contribution in [0.2, 0.25) is 0 Å². The first-order valence-electron chi connectivity index (χ1n) is 7.09. The first-order valence-corrected chi connectivity index (χ1v) is 7.09. The Morgan fingerprint density at radius 2 is 2.11 bits per heavy atom. The van der Waals surface area contributed by atoms with Crippen LogP contribution in [0.25, 0.3) is 0 Å². The van der Waals surface area contributed by atoms with Crippen molar-refractivity contribution in [3.05, 3.63) is 18.1 Å². The van der Waals surface area contributed by atoms with Crippen molar-refractivity contribution in [3.8, 4) is 0 Å². The second-order valence-corrected chi connectivity index (χ2v) is 5.09. The lowest BCUT2D eigenvalue weighted by Crippen LogP contribution is -2.25.